The van der Waals surface area contributed by atoms with E-state index in [9.17, 15) is 23.2 Å². The molecule has 0 radical (unpaired) electrons. The molecule has 1 atom stereocenters. The third-order valence-corrected chi connectivity index (χ3v) is 4.96. The van der Waals surface area contributed by atoms with Crippen LogP contribution in [0.5, 0.6) is 5.75 Å². The summed E-state index contributed by atoms with van der Waals surface area (Å²) in [4.78, 5) is 44.8. The van der Waals surface area contributed by atoms with Gasteiger partial charge in [0.25, 0.3) is 17.0 Å². The molecule has 164 valence electrons. The molecule has 3 aromatic rings. The predicted octanol–water partition coefficient (Wildman–Crippen LogP) is 0.231. The first-order chi connectivity index (χ1) is 15.3. The third kappa shape index (κ3) is 4.10. The molecule has 1 aliphatic heterocycles. The molecule has 0 bridgehead atoms. The van der Waals surface area contributed by atoms with E-state index in [1.165, 1.54) is 29.3 Å². The van der Waals surface area contributed by atoms with Gasteiger partial charge >= 0.3 is 5.69 Å². The minimum Gasteiger partial charge on any atom is -0.491 e. The zero-order chi connectivity index (χ0) is 22.9. The van der Waals surface area contributed by atoms with Crippen LogP contribution in [0.1, 0.15) is 5.69 Å². The van der Waals surface area contributed by atoms with Crippen LogP contribution in [0, 0.1) is 17.2 Å². The van der Waals surface area contributed by atoms with E-state index >= 15 is 0 Å². The molecule has 4 rings (SSSR count). The average Bonchev–Trinajstić information content (AvgIpc) is 3.07. The molecule has 1 aliphatic rings. The second-order valence-corrected chi connectivity index (χ2v) is 7.09. The Kier molecular flexibility index (Phi) is 5.27. The number of alkyl halides is 2. The number of pyridine rings is 1. The van der Waals surface area contributed by atoms with Gasteiger partial charge in [-0.3, -0.25) is 14.6 Å². The van der Waals surface area contributed by atoms with Gasteiger partial charge in [-0.05, 0) is 18.2 Å². The number of aromatic nitrogens is 5. The van der Waals surface area contributed by atoms with E-state index in [0.29, 0.717) is 0 Å². The highest BCUT2D eigenvalue weighted by Gasteiger charge is 2.49. The normalized spacial score (nSPS) is 17.2. The quantitative estimate of drug-likeness (QED) is 0.505. The highest BCUT2D eigenvalue weighted by atomic mass is 19.3. The van der Waals surface area contributed by atoms with Crippen molar-refractivity contribution < 1.29 is 13.5 Å². The molecule has 0 aliphatic carbocycles. The fourth-order valence-corrected chi connectivity index (χ4v) is 3.30. The lowest BCUT2D eigenvalue weighted by molar-refractivity contribution is -0.0355. The molecule has 4 heterocycles. The molecule has 0 spiro atoms. The minimum absolute atomic E-state index is 0.00349. The first-order valence-electron chi connectivity index (χ1n) is 9.30. The lowest BCUT2D eigenvalue weighted by Crippen LogP contribution is -2.32. The number of H-pyrrole nitrogens is 3. The second kappa shape index (κ2) is 8.06. The van der Waals surface area contributed by atoms with Gasteiger partial charge in [-0.1, -0.05) is 0 Å². The summed E-state index contributed by atoms with van der Waals surface area (Å²) in [7, 11) is 0. The summed E-state index contributed by atoms with van der Waals surface area (Å²) in [6.07, 6.45) is 2.39. The molecular formula is C19H15F2N7O4. The van der Waals surface area contributed by atoms with Crippen LogP contribution in [-0.2, 0) is 0 Å². The van der Waals surface area contributed by atoms with Crippen molar-refractivity contribution >= 4 is 5.69 Å². The standard InChI is InChI=1S/C19H15F2N7O4/c20-19(21)9-28(7-10(19)8-32-12-2-1-11(4-22)23-5-12)15-3-14(26-27-17(15)30)13-6-24-18(31)25-16(13)29/h1-3,5-6,10H,7-9H2,(H,27,30)(H2,24,25,29,31)/t10-/m1/s1. The number of hydrogen-bond donors (Lipinski definition) is 3. The largest absolute Gasteiger partial charge is 0.491 e. The van der Waals surface area contributed by atoms with Crippen LogP contribution in [0.15, 0.2) is 45.0 Å². The Balaban J connectivity index is 1.55. The molecular weight excluding hydrogens is 428 g/mol. The summed E-state index contributed by atoms with van der Waals surface area (Å²) >= 11 is 0. The highest BCUT2D eigenvalue weighted by Crippen LogP contribution is 2.35. The van der Waals surface area contributed by atoms with E-state index in [1.54, 1.807) is 0 Å². The molecule has 3 N–H and O–H groups in total. The monoisotopic (exact) mass is 443 g/mol. The van der Waals surface area contributed by atoms with Crippen LogP contribution in [0.4, 0.5) is 14.5 Å². The van der Waals surface area contributed by atoms with Gasteiger partial charge in [-0.2, -0.15) is 10.4 Å². The topological polar surface area (TPSA) is 161 Å². The van der Waals surface area contributed by atoms with E-state index in [-0.39, 0.29) is 41.5 Å². The summed E-state index contributed by atoms with van der Waals surface area (Å²) < 4.78 is 34.7. The van der Waals surface area contributed by atoms with Crippen molar-refractivity contribution in [3.8, 4) is 23.1 Å². The number of nitrogens with one attached hydrogen (secondary N) is 3. The third-order valence-electron chi connectivity index (χ3n) is 4.96. The van der Waals surface area contributed by atoms with Crippen LogP contribution in [0.2, 0.25) is 0 Å². The van der Waals surface area contributed by atoms with E-state index in [0.717, 1.165) is 6.20 Å². The molecule has 11 nitrogen and oxygen atoms in total. The van der Waals surface area contributed by atoms with E-state index in [2.05, 4.69) is 20.2 Å². The smallest absolute Gasteiger partial charge is 0.325 e. The number of hydrogen-bond acceptors (Lipinski definition) is 8. The SMILES string of the molecule is N#Cc1ccc(OC[C@H]2CN(c3cc(-c4c[nH]c(=O)[nH]c4=O)n[nH]c3=O)CC2(F)F)cn1. The van der Waals surface area contributed by atoms with E-state index < -0.39 is 35.2 Å². The number of anilines is 1. The van der Waals surface area contributed by atoms with Crippen molar-refractivity contribution in [2.24, 2.45) is 5.92 Å². The first kappa shape index (κ1) is 20.9. The van der Waals surface area contributed by atoms with Crippen molar-refractivity contribution in [3.63, 3.8) is 0 Å². The molecule has 1 saturated heterocycles. The number of nitrogens with zero attached hydrogens (tertiary/aromatic N) is 4. The van der Waals surface area contributed by atoms with Gasteiger partial charge in [-0.25, -0.2) is 23.7 Å². The Morgan fingerprint density at radius 3 is 2.78 bits per heavy atom. The van der Waals surface area contributed by atoms with E-state index in [4.69, 9.17) is 10.00 Å². The van der Waals surface area contributed by atoms with Crippen molar-refractivity contribution in [3.05, 3.63) is 67.5 Å². The van der Waals surface area contributed by atoms with Gasteiger partial charge in [0, 0.05) is 12.7 Å². The molecule has 0 saturated carbocycles. The van der Waals surface area contributed by atoms with Crippen molar-refractivity contribution in [1.82, 2.24) is 25.1 Å². The van der Waals surface area contributed by atoms with Gasteiger partial charge in [0.15, 0.2) is 0 Å². The second-order valence-electron chi connectivity index (χ2n) is 7.09. The summed E-state index contributed by atoms with van der Waals surface area (Å²) in [5.41, 5.74) is -2.13. The first-order valence-corrected chi connectivity index (χ1v) is 9.30. The average molecular weight is 443 g/mol. The van der Waals surface area contributed by atoms with Gasteiger partial charge in [-0.15, -0.1) is 0 Å². The maximum atomic E-state index is 14.6. The van der Waals surface area contributed by atoms with Crippen molar-refractivity contribution in [1.29, 1.82) is 5.26 Å². The molecule has 0 unspecified atom stereocenters. The Morgan fingerprint density at radius 1 is 1.28 bits per heavy atom. The number of ether oxygens (including phenoxy) is 1. The van der Waals surface area contributed by atoms with E-state index in [1.807, 2.05) is 11.1 Å². The van der Waals surface area contributed by atoms with Crippen molar-refractivity contribution in [2.75, 3.05) is 24.6 Å². The van der Waals surface area contributed by atoms with Crippen molar-refractivity contribution in [2.45, 2.75) is 5.92 Å². The lowest BCUT2D eigenvalue weighted by Gasteiger charge is -2.17. The van der Waals surface area contributed by atoms with Crippen LogP contribution in [0.3, 0.4) is 0 Å². The van der Waals surface area contributed by atoms with Crippen LogP contribution in [-0.4, -0.2) is 50.8 Å². The molecule has 0 aromatic carbocycles. The molecule has 32 heavy (non-hydrogen) atoms. The number of rotatable bonds is 5. The van der Waals surface area contributed by atoms with Crippen LogP contribution < -0.4 is 26.4 Å². The summed E-state index contributed by atoms with van der Waals surface area (Å²) in [5, 5.41) is 14.7. The lowest BCUT2D eigenvalue weighted by atomic mass is 10.1. The van der Waals surface area contributed by atoms with Crippen LogP contribution in [0.25, 0.3) is 11.3 Å². The Labute approximate surface area is 177 Å². The number of aromatic amines is 3. The fraction of sp³-hybridized carbons (Fsp3) is 0.263. The molecule has 13 heteroatoms. The maximum Gasteiger partial charge on any atom is 0.325 e. The Morgan fingerprint density at radius 2 is 2.09 bits per heavy atom. The predicted molar refractivity (Wildman–Crippen MR) is 107 cm³/mol. The zero-order valence-electron chi connectivity index (χ0n) is 16.3. The Hall–Kier alpha value is -4.34. The van der Waals surface area contributed by atoms with Gasteiger partial charge < -0.3 is 14.6 Å². The molecule has 3 aromatic heterocycles. The number of halogens is 2. The minimum atomic E-state index is -3.16. The van der Waals surface area contributed by atoms with Crippen LogP contribution >= 0.6 is 0 Å². The summed E-state index contributed by atoms with van der Waals surface area (Å²) in [6, 6.07) is 5.92. The zero-order valence-corrected chi connectivity index (χ0v) is 16.3. The maximum absolute atomic E-state index is 14.6. The molecule has 1 fully saturated rings. The fourth-order valence-electron chi connectivity index (χ4n) is 3.30. The van der Waals surface area contributed by atoms with Gasteiger partial charge in [0.2, 0.25) is 0 Å². The van der Waals surface area contributed by atoms with Gasteiger partial charge in [0.05, 0.1) is 36.5 Å². The van der Waals surface area contributed by atoms with Gasteiger partial charge in [0.1, 0.15) is 23.2 Å². The Bertz CT molecular complexity index is 1360. The highest BCUT2D eigenvalue weighted by molar-refractivity contribution is 5.62. The number of nitriles is 1. The molecule has 0 amide bonds. The summed E-state index contributed by atoms with van der Waals surface area (Å²) in [6.45, 7) is -1.26. The summed E-state index contributed by atoms with van der Waals surface area (Å²) in [5.74, 6) is -4.16.